The molecule has 0 aliphatic carbocycles. The number of fused-ring (bicyclic) bond motifs is 1. The zero-order valence-electron chi connectivity index (χ0n) is 12.9. The predicted molar refractivity (Wildman–Crippen MR) is 85.6 cm³/mol. The van der Waals surface area contributed by atoms with E-state index in [-0.39, 0.29) is 18.6 Å². The molecule has 0 fully saturated rings. The fraction of sp³-hybridized carbons (Fsp3) is 0.571. The van der Waals surface area contributed by atoms with Gasteiger partial charge >= 0.3 is 0 Å². The second-order valence-electron chi connectivity index (χ2n) is 5.40. The Kier molecular flexibility index (Phi) is 4.53. The molecule has 2 rings (SSSR count). The van der Waals surface area contributed by atoms with Gasteiger partial charge in [0.05, 0.1) is 16.8 Å². The van der Waals surface area contributed by atoms with Crippen LogP contribution in [0.4, 0.5) is 5.69 Å². The first-order valence-electron chi connectivity index (χ1n) is 7.01. The van der Waals surface area contributed by atoms with Crippen LogP contribution in [0.25, 0.3) is 10.2 Å². The van der Waals surface area contributed by atoms with E-state index >= 15 is 0 Å². The van der Waals surface area contributed by atoms with Crippen LogP contribution in [0.1, 0.15) is 35.6 Å². The highest BCUT2D eigenvalue weighted by Gasteiger charge is 2.26. The standard InChI is InChI=1S/C14H22N4O2S/c1-8(2)18(6-5-7-19)13(20)12-11(15)10-9(3)16-17(4)14(10)21-12/h8,19H,5-7,15H2,1-4H3. The maximum atomic E-state index is 12.7. The summed E-state index contributed by atoms with van der Waals surface area (Å²) in [5, 5.41) is 14.2. The fourth-order valence-electron chi connectivity index (χ4n) is 2.45. The summed E-state index contributed by atoms with van der Waals surface area (Å²) in [5.74, 6) is -0.0726. The Labute approximate surface area is 128 Å². The van der Waals surface area contributed by atoms with Crippen molar-refractivity contribution in [1.29, 1.82) is 0 Å². The highest BCUT2D eigenvalue weighted by atomic mass is 32.1. The number of aromatic nitrogens is 2. The first kappa shape index (κ1) is 15.8. The minimum atomic E-state index is -0.0726. The van der Waals surface area contributed by atoms with Gasteiger partial charge in [-0.1, -0.05) is 0 Å². The van der Waals surface area contributed by atoms with Gasteiger partial charge in [-0.25, -0.2) is 0 Å². The molecule has 0 aliphatic heterocycles. The first-order valence-corrected chi connectivity index (χ1v) is 7.83. The summed E-state index contributed by atoms with van der Waals surface area (Å²) in [7, 11) is 1.85. The Hall–Kier alpha value is -1.60. The molecule has 2 aromatic rings. The van der Waals surface area contributed by atoms with Gasteiger partial charge < -0.3 is 15.7 Å². The van der Waals surface area contributed by atoms with E-state index in [0.717, 1.165) is 15.9 Å². The number of nitrogens with zero attached hydrogens (tertiary/aromatic N) is 3. The molecule has 3 N–H and O–H groups in total. The van der Waals surface area contributed by atoms with E-state index in [2.05, 4.69) is 5.10 Å². The number of nitrogens with two attached hydrogens (primary N) is 1. The molecule has 0 saturated heterocycles. The van der Waals surface area contributed by atoms with E-state index < -0.39 is 0 Å². The summed E-state index contributed by atoms with van der Waals surface area (Å²) in [5.41, 5.74) is 7.53. The first-order chi connectivity index (χ1) is 9.88. The van der Waals surface area contributed by atoms with Crippen LogP contribution < -0.4 is 5.73 Å². The van der Waals surface area contributed by atoms with Crippen molar-refractivity contribution in [3.63, 3.8) is 0 Å². The second-order valence-corrected chi connectivity index (χ2v) is 6.40. The van der Waals surface area contributed by atoms with Crippen molar-refractivity contribution in [2.24, 2.45) is 7.05 Å². The minimum Gasteiger partial charge on any atom is -0.397 e. The van der Waals surface area contributed by atoms with Crippen molar-refractivity contribution >= 4 is 33.1 Å². The van der Waals surface area contributed by atoms with Gasteiger partial charge in [0, 0.05) is 26.2 Å². The third-order valence-corrected chi connectivity index (χ3v) is 4.78. The van der Waals surface area contributed by atoms with E-state index in [9.17, 15) is 4.79 Å². The molecule has 0 radical (unpaired) electrons. The number of aryl methyl sites for hydroxylation is 2. The smallest absolute Gasteiger partial charge is 0.266 e. The number of nitrogen functional groups attached to an aromatic ring is 1. The molecular formula is C14H22N4O2S. The van der Waals surface area contributed by atoms with Crippen molar-refractivity contribution in [3.05, 3.63) is 10.6 Å². The van der Waals surface area contributed by atoms with E-state index in [1.165, 1.54) is 11.3 Å². The van der Waals surface area contributed by atoms with Gasteiger partial charge in [-0.05, 0) is 27.2 Å². The van der Waals surface area contributed by atoms with Crippen molar-refractivity contribution in [3.8, 4) is 0 Å². The highest BCUT2D eigenvalue weighted by Crippen LogP contribution is 2.36. The average molecular weight is 310 g/mol. The molecule has 0 spiro atoms. The summed E-state index contributed by atoms with van der Waals surface area (Å²) in [6.07, 6.45) is 0.565. The monoisotopic (exact) mass is 310 g/mol. The molecule has 0 unspecified atom stereocenters. The summed E-state index contributed by atoms with van der Waals surface area (Å²) in [4.78, 5) is 16.0. The van der Waals surface area contributed by atoms with E-state index in [0.29, 0.717) is 23.5 Å². The molecule has 0 aromatic carbocycles. The van der Waals surface area contributed by atoms with Crippen molar-refractivity contribution in [1.82, 2.24) is 14.7 Å². The van der Waals surface area contributed by atoms with Crippen LogP contribution in [0.15, 0.2) is 0 Å². The Bertz CT molecular complexity index is 660. The Morgan fingerprint density at radius 2 is 2.19 bits per heavy atom. The number of anilines is 1. The van der Waals surface area contributed by atoms with Crippen LogP contribution in [-0.2, 0) is 7.05 Å². The molecule has 0 aliphatic rings. The number of carbonyl (C=O) groups is 1. The third kappa shape index (κ3) is 2.75. The van der Waals surface area contributed by atoms with E-state index in [4.69, 9.17) is 10.8 Å². The number of hydrogen-bond donors (Lipinski definition) is 2. The van der Waals surface area contributed by atoms with Crippen LogP contribution >= 0.6 is 11.3 Å². The van der Waals surface area contributed by atoms with Gasteiger partial charge in [0.25, 0.3) is 5.91 Å². The van der Waals surface area contributed by atoms with Crippen LogP contribution in [0.2, 0.25) is 0 Å². The predicted octanol–water partition coefficient (Wildman–Crippen LogP) is 1.76. The number of aliphatic hydroxyl groups excluding tert-OH is 1. The maximum Gasteiger partial charge on any atom is 0.266 e. The van der Waals surface area contributed by atoms with E-state index in [1.54, 1.807) is 9.58 Å². The zero-order valence-corrected chi connectivity index (χ0v) is 13.7. The quantitative estimate of drug-likeness (QED) is 0.881. The molecule has 0 bridgehead atoms. The number of aliphatic hydroxyl groups is 1. The number of hydrogen-bond acceptors (Lipinski definition) is 5. The third-order valence-electron chi connectivity index (χ3n) is 3.52. The van der Waals surface area contributed by atoms with E-state index in [1.807, 2.05) is 27.8 Å². The zero-order chi connectivity index (χ0) is 15.7. The fourth-order valence-corrected chi connectivity index (χ4v) is 3.60. The number of thiophene rings is 1. The lowest BCUT2D eigenvalue weighted by molar-refractivity contribution is 0.0699. The van der Waals surface area contributed by atoms with Gasteiger partial charge in [0.1, 0.15) is 9.71 Å². The lowest BCUT2D eigenvalue weighted by Crippen LogP contribution is -2.38. The highest BCUT2D eigenvalue weighted by molar-refractivity contribution is 7.21. The largest absolute Gasteiger partial charge is 0.397 e. The topological polar surface area (TPSA) is 84.4 Å². The summed E-state index contributed by atoms with van der Waals surface area (Å²) in [6.45, 7) is 6.42. The molecule has 7 heteroatoms. The maximum absolute atomic E-state index is 12.7. The minimum absolute atomic E-state index is 0.0629. The van der Waals surface area contributed by atoms with Gasteiger partial charge in [-0.2, -0.15) is 5.10 Å². The molecule has 2 aromatic heterocycles. The lowest BCUT2D eigenvalue weighted by atomic mass is 10.2. The van der Waals surface area contributed by atoms with Crippen LogP contribution in [0, 0.1) is 6.92 Å². The number of amides is 1. The average Bonchev–Trinajstić information content (AvgIpc) is 2.89. The number of rotatable bonds is 5. The van der Waals surface area contributed by atoms with Crippen molar-refractivity contribution in [2.45, 2.75) is 33.2 Å². The Morgan fingerprint density at radius 1 is 1.52 bits per heavy atom. The summed E-state index contributed by atoms with van der Waals surface area (Å²) in [6, 6.07) is 0.0629. The normalized spacial score (nSPS) is 11.5. The van der Waals surface area contributed by atoms with Crippen molar-refractivity contribution < 1.29 is 9.90 Å². The van der Waals surface area contributed by atoms with Gasteiger partial charge in [0.2, 0.25) is 0 Å². The molecule has 6 nitrogen and oxygen atoms in total. The van der Waals surface area contributed by atoms with Crippen LogP contribution in [0.5, 0.6) is 0 Å². The SMILES string of the molecule is Cc1nn(C)c2sc(C(=O)N(CCCO)C(C)C)c(N)c12. The molecule has 0 saturated carbocycles. The van der Waals surface area contributed by atoms with Gasteiger partial charge in [0.15, 0.2) is 0 Å². The van der Waals surface area contributed by atoms with Crippen LogP contribution in [-0.4, -0.2) is 44.9 Å². The van der Waals surface area contributed by atoms with Gasteiger partial charge in [-0.15, -0.1) is 11.3 Å². The van der Waals surface area contributed by atoms with Gasteiger partial charge in [-0.3, -0.25) is 9.48 Å². The van der Waals surface area contributed by atoms with Crippen LogP contribution in [0.3, 0.4) is 0 Å². The molecule has 1 amide bonds. The molecular weight excluding hydrogens is 288 g/mol. The second kappa shape index (κ2) is 6.03. The Morgan fingerprint density at radius 3 is 2.71 bits per heavy atom. The molecule has 21 heavy (non-hydrogen) atoms. The molecule has 0 atom stereocenters. The van der Waals surface area contributed by atoms with Crippen molar-refractivity contribution in [2.75, 3.05) is 18.9 Å². The number of carbonyl (C=O) groups excluding carboxylic acids is 1. The molecule has 2 heterocycles. The summed E-state index contributed by atoms with van der Waals surface area (Å²) >= 11 is 1.38. The Balaban J connectivity index is 2.42. The lowest BCUT2D eigenvalue weighted by Gasteiger charge is -2.26. The molecule has 116 valence electrons. The summed E-state index contributed by atoms with van der Waals surface area (Å²) < 4.78 is 1.76.